The Morgan fingerprint density at radius 3 is 2.25 bits per heavy atom. The maximum absolute atomic E-state index is 6.39. The summed E-state index contributed by atoms with van der Waals surface area (Å²) in [6.07, 6.45) is 0.881. The molecule has 0 radical (unpaired) electrons. The van der Waals surface area contributed by atoms with Gasteiger partial charge >= 0.3 is 0 Å². The zero-order valence-electron chi connectivity index (χ0n) is 13.4. The highest BCUT2D eigenvalue weighted by Gasteiger charge is 2.23. The van der Waals surface area contributed by atoms with Gasteiger partial charge in [-0.15, -0.1) is 0 Å². The van der Waals surface area contributed by atoms with Crippen LogP contribution >= 0.6 is 0 Å². The molecule has 0 aliphatic heterocycles. The van der Waals surface area contributed by atoms with Gasteiger partial charge < -0.3 is 10.3 Å². The van der Waals surface area contributed by atoms with Crippen LogP contribution in [0.1, 0.15) is 44.6 Å². The minimum Gasteiger partial charge on any atom is -0.383 e. The van der Waals surface area contributed by atoms with Crippen LogP contribution in [0.4, 0.5) is 5.82 Å². The van der Waals surface area contributed by atoms with Crippen molar-refractivity contribution >= 4 is 5.82 Å². The van der Waals surface area contributed by atoms with Crippen molar-refractivity contribution in [3.05, 3.63) is 35.2 Å². The van der Waals surface area contributed by atoms with Crippen molar-refractivity contribution in [1.82, 2.24) is 9.55 Å². The second-order valence-corrected chi connectivity index (χ2v) is 6.42. The lowest BCUT2D eigenvalue weighted by Gasteiger charge is -2.24. The highest BCUT2D eigenvalue weighted by molar-refractivity contribution is 5.72. The number of benzene rings is 1. The first-order valence-corrected chi connectivity index (χ1v) is 7.21. The maximum Gasteiger partial charge on any atom is 0.132 e. The maximum atomic E-state index is 6.39. The van der Waals surface area contributed by atoms with Gasteiger partial charge in [0.05, 0.1) is 0 Å². The van der Waals surface area contributed by atoms with Gasteiger partial charge in [0.1, 0.15) is 17.3 Å². The molecule has 2 rings (SSSR count). The van der Waals surface area contributed by atoms with Crippen LogP contribution in [0.3, 0.4) is 0 Å². The molecule has 1 heterocycles. The van der Waals surface area contributed by atoms with Gasteiger partial charge in [-0.05, 0) is 51.8 Å². The average Bonchev–Trinajstić information content (AvgIpc) is 2.69. The van der Waals surface area contributed by atoms with E-state index in [1.807, 2.05) is 0 Å². The Kier molecular flexibility index (Phi) is 3.63. The molecule has 0 bridgehead atoms. The van der Waals surface area contributed by atoms with E-state index in [2.05, 4.69) is 64.3 Å². The lowest BCUT2D eigenvalue weighted by molar-refractivity contribution is 0.389. The first-order chi connectivity index (χ1) is 9.25. The molecule has 108 valence electrons. The highest BCUT2D eigenvalue weighted by atomic mass is 15.2. The van der Waals surface area contributed by atoms with Crippen LogP contribution in [-0.2, 0) is 12.0 Å². The van der Waals surface area contributed by atoms with Crippen molar-refractivity contribution in [3.63, 3.8) is 0 Å². The summed E-state index contributed by atoms with van der Waals surface area (Å²) in [4.78, 5) is 4.77. The molecule has 0 aliphatic carbocycles. The second kappa shape index (κ2) is 4.97. The molecule has 0 aliphatic rings. The smallest absolute Gasteiger partial charge is 0.132 e. The Labute approximate surface area is 121 Å². The predicted octanol–water partition coefficient (Wildman–Crippen LogP) is 4.07. The van der Waals surface area contributed by atoms with Crippen LogP contribution in [0.5, 0.6) is 0 Å². The largest absolute Gasteiger partial charge is 0.383 e. The number of aromatic nitrogens is 2. The molecule has 3 nitrogen and oxygen atoms in total. The van der Waals surface area contributed by atoms with Crippen LogP contribution in [0, 0.1) is 13.8 Å². The summed E-state index contributed by atoms with van der Waals surface area (Å²) in [6, 6.07) is 6.40. The summed E-state index contributed by atoms with van der Waals surface area (Å²) in [6.45, 7) is 12.8. The minimum atomic E-state index is -0.0551. The first kappa shape index (κ1) is 14.6. The number of nitrogens with zero attached hydrogens (tertiary/aromatic N) is 2. The normalized spacial score (nSPS) is 11.9. The van der Waals surface area contributed by atoms with Crippen molar-refractivity contribution in [1.29, 1.82) is 0 Å². The van der Waals surface area contributed by atoms with Gasteiger partial charge in [0.2, 0.25) is 0 Å². The number of nitrogen functional groups attached to an aromatic ring is 1. The highest BCUT2D eigenvalue weighted by Crippen LogP contribution is 2.32. The van der Waals surface area contributed by atoms with E-state index in [4.69, 9.17) is 10.7 Å². The standard InChI is InChI=1S/C17H25N3/c1-7-14-19-15(16(18)20(14)17(4,5)6)13-9-8-11(2)12(3)10-13/h8-10H,7,18H2,1-6H3. The minimum absolute atomic E-state index is 0.0551. The molecule has 1 aromatic heterocycles. The van der Waals surface area contributed by atoms with Gasteiger partial charge in [-0.3, -0.25) is 0 Å². The van der Waals surface area contributed by atoms with Crippen LogP contribution in [-0.4, -0.2) is 9.55 Å². The summed E-state index contributed by atoms with van der Waals surface area (Å²) < 4.78 is 2.15. The predicted molar refractivity (Wildman–Crippen MR) is 85.9 cm³/mol. The van der Waals surface area contributed by atoms with Gasteiger partial charge in [0.25, 0.3) is 0 Å². The number of imidazole rings is 1. The van der Waals surface area contributed by atoms with Crippen LogP contribution in [0.2, 0.25) is 0 Å². The van der Waals surface area contributed by atoms with E-state index in [1.54, 1.807) is 0 Å². The van der Waals surface area contributed by atoms with E-state index in [0.717, 1.165) is 29.3 Å². The van der Waals surface area contributed by atoms with Crippen LogP contribution < -0.4 is 5.73 Å². The van der Waals surface area contributed by atoms with E-state index < -0.39 is 0 Å². The van der Waals surface area contributed by atoms with Crippen molar-refractivity contribution < 1.29 is 0 Å². The van der Waals surface area contributed by atoms with E-state index in [0.29, 0.717) is 0 Å². The van der Waals surface area contributed by atoms with Crippen molar-refractivity contribution in [2.24, 2.45) is 0 Å². The monoisotopic (exact) mass is 271 g/mol. The van der Waals surface area contributed by atoms with E-state index >= 15 is 0 Å². The molecule has 0 atom stereocenters. The number of aryl methyl sites for hydroxylation is 3. The summed E-state index contributed by atoms with van der Waals surface area (Å²) in [5.41, 5.74) is 10.9. The lowest BCUT2D eigenvalue weighted by Crippen LogP contribution is -2.25. The Morgan fingerprint density at radius 1 is 1.15 bits per heavy atom. The first-order valence-electron chi connectivity index (χ1n) is 7.21. The van der Waals surface area contributed by atoms with E-state index in [9.17, 15) is 0 Å². The third kappa shape index (κ3) is 2.45. The molecular formula is C17H25N3. The fourth-order valence-corrected chi connectivity index (χ4v) is 2.57. The molecule has 0 saturated heterocycles. The second-order valence-electron chi connectivity index (χ2n) is 6.42. The Morgan fingerprint density at radius 2 is 1.80 bits per heavy atom. The topological polar surface area (TPSA) is 43.8 Å². The van der Waals surface area contributed by atoms with Gasteiger partial charge in [-0.25, -0.2) is 4.98 Å². The molecule has 0 fully saturated rings. The molecule has 3 heteroatoms. The third-order valence-corrected chi connectivity index (χ3v) is 3.75. The summed E-state index contributed by atoms with van der Waals surface area (Å²) in [5, 5.41) is 0. The third-order valence-electron chi connectivity index (χ3n) is 3.75. The Hall–Kier alpha value is -1.77. The summed E-state index contributed by atoms with van der Waals surface area (Å²) in [5.74, 6) is 1.81. The molecule has 2 N–H and O–H groups in total. The molecule has 0 saturated carbocycles. The molecule has 20 heavy (non-hydrogen) atoms. The zero-order chi connectivity index (χ0) is 15.1. The van der Waals surface area contributed by atoms with Crippen molar-refractivity contribution in [2.45, 2.75) is 53.5 Å². The lowest BCUT2D eigenvalue weighted by atomic mass is 10.0. The van der Waals surface area contributed by atoms with Gasteiger partial charge in [0, 0.05) is 17.5 Å². The van der Waals surface area contributed by atoms with Crippen molar-refractivity contribution in [2.75, 3.05) is 5.73 Å². The quantitative estimate of drug-likeness (QED) is 0.895. The number of nitrogens with two attached hydrogens (primary N) is 1. The number of rotatable bonds is 2. The molecular weight excluding hydrogens is 246 g/mol. The van der Waals surface area contributed by atoms with Gasteiger partial charge in [0.15, 0.2) is 0 Å². The summed E-state index contributed by atoms with van der Waals surface area (Å²) >= 11 is 0. The number of hydrogen-bond donors (Lipinski definition) is 1. The van der Waals surface area contributed by atoms with E-state index in [-0.39, 0.29) is 5.54 Å². The molecule has 0 amide bonds. The fourth-order valence-electron chi connectivity index (χ4n) is 2.57. The Bertz CT molecular complexity index is 630. The van der Waals surface area contributed by atoms with Crippen molar-refractivity contribution in [3.8, 4) is 11.3 Å². The van der Waals surface area contributed by atoms with Gasteiger partial charge in [-0.2, -0.15) is 0 Å². The van der Waals surface area contributed by atoms with Crippen LogP contribution in [0.15, 0.2) is 18.2 Å². The average molecular weight is 271 g/mol. The van der Waals surface area contributed by atoms with Crippen LogP contribution in [0.25, 0.3) is 11.3 Å². The van der Waals surface area contributed by atoms with E-state index in [1.165, 1.54) is 11.1 Å². The number of hydrogen-bond acceptors (Lipinski definition) is 2. The molecule has 1 aromatic carbocycles. The van der Waals surface area contributed by atoms with Gasteiger partial charge in [-0.1, -0.05) is 19.1 Å². The molecule has 2 aromatic rings. The summed E-state index contributed by atoms with van der Waals surface area (Å²) in [7, 11) is 0. The number of anilines is 1. The fraction of sp³-hybridized carbons (Fsp3) is 0.471. The SMILES string of the molecule is CCc1nc(-c2ccc(C)c(C)c2)c(N)n1C(C)(C)C. The zero-order valence-corrected chi connectivity index (χ0v) is 13.4. The Balaban J connectivity index is 2.64. The molecule has 0 spiro atoms. The molecule has 0 unspecified atom stereocenters.